The average Bonchev–Trinajstić information content (AvgIpc) is 2.97. The van der Waals surface area contributed by atoms with Crippen LogP contribution in [0.4, 0.5) is 0 Å². The summed E-state index contributed by atoms with van der Waals surface area (Å²) in [6.45, 7) is 3.49. The number of nitrogens with one attached hydrogen (secondary N) is 3. The van der Waals surface area contributed by atoms with Crippen molar-refractivity contribution in [1.82, 2.24) is 16.2 Å². The molecule has 0 spiro atoms. The van der Waals surface area contributed by atoms with Crippen molar-refractivity contribution < 1.29 is 14.4 Å². The summed E-state index contributed by atoms with van der Waals surface area (Å²) in [7, 11) is 0. The van der Waals surface area contributed by atoms with E-state index in [0.717, 1.165) is 17.7 Å². The number of hydrogen-bond donors (Lipinski definition) is 3. The Labute approximate surface area is 139 Å². The second kappa shape index (κ2) is 8.01. The lowest BCUT2D eigenvalue weighted by molar-refractivity contribution is -0.141. The highest BCUT2D eigenvalue weighted by Gasteiger charge is 2.15. The van der Waals surface area contributed by atoms with Gasteiger partial charge in [-0.3, -0.25) is 25.2 Å². The molecule has 7 heteroatoms. The predicted molar refractivity (Wildman–Crippen MR) is 88.8 cm³/mol. The molecule has 1 aliphatic rings. The number of aryl methyl sites for hydroxylation is 2. The molecule has 0 unspecified atom stereocenters. The summed E-state index contributed by atoms with van der Waals surface area (Å²) in [4.78, 5) is 35.6. The van der Waals surface area contributed by atoms with Crippen LogP contribution < -0.4 is 16.2 Å². The summed E-state index contributed by atoms with van der Waals surface area (Å²) >= 11 is 1.40. The maximum Gasteiger partial charge on any atom is 0.327 e. The van der Waals surface area contributed by atoms with Crippen LogP contribution in [0.25, 0.3) is 0 Å². The van der Waals surface area contributed by atoms with Gasteiger partial charge in [-0.15, -0.1) is 11.8 Å². The number of hydrogen-bond acceptors (Lipinski definition) is 4. The minimum atomic E-state index is -0.880. The van der Waals surface area contributed by atoms with Crippen LogP contribution in [0.5, 0.6) is 0 Å². The van der Waals surface area contributed by atoms with E-state index in [4.69, 9.17) is 0 Å². The summed E-state index contributed by atoms with van der Waals surface area (Å²) in [5.74, 6) is -1.84. The number of benzene rings is 1. The van der Waals surface area contributed by atoms with Gasteiger partial charge in [-0.1, -0.05) is 6.07 Å². The number of hydrazine groups is 1. The SMILES string of the molecule is CC(C)NC(=O)C(=O)NNC(=O)CSc1ccc2c(c1)CCC2. The lowest BCUT2D eigenvalue weighted by Gasteiger charge is -2.10. The number of thioether (sulfide) groups is 1. The Bertz CT molecular complexity index is 617. The Morgan fingerprint density at radius 3 is 2.57 bits per heavy atom. The lowest BCUT2D eigenvalue weighted by atomic mass is 10.1. The fourth-order valence-corrected chi connectivity index (χ4v) is 3.09. The van der Waals surface area contributed by atoms with Gasteiger partial charge in [-0.2, -0.15) is 0 Å². The monoisotopic (exact) mass is 335 g/mol. The molecule has 0 fully saturated rings. The van der Waals surface area contributed by atoms with Gasteiger partial charge in [0.1, 0.15) is 0 Å². The smallest absolute Gasteiger partial charge is 0.327 e. The van der Waals surface area contributed by atoms with Crippen LogP contribution >= 0.6 is 11.8 Å². The molecule has 0 atom stereocenters. The van der Waals surface area contributed by atoms with Crippen LogP contribution in [0.15, 0.2) is 23.1 Å². The van der Waals surface area contributed by atoms with E-state index in [9.17, 15) is 14.4 Å². The second-order valence-corrected chi connectivity index (χ2v) is 6.75. The summed E-state index contributed by atoms with van der Waals surface area (Å²) in [6, 6.07) is 6.10. The Balaban J connectivity index is 1.73. The topological polar surface area (TPSA) is 87.3 Å². The molecular weight excluding hydrogens is 314 g/mol. The summed E-state index contributed by atoms with van der Waals surface area (Å²) in [6.07, 6.45) is 3.41. The predicted octanol–water partition coefficient (Wildman–Crippen LogP) is 0.939. The van der Waals surface area contributed by atoms with Crippen LogP contribution in [-0.4, -0.2) is 29.5 Å². The first-order valence-electron chi connectivity index (χ1n) is 7.60. The molecule has 3 N–H and O–H groups in total. The maximum absolute atomic E-state index is 11.7. The van der Waals surface area contributed by atoms with Crippen LogP contribution in [-0.2, 0) is 27.2 Å². The minimum absolute atomic E-state index is 0.140. The van der Waals surface area contributed by atoms with Crippen LogP contribution in [0.1, 0.15) is 31.4 Å². The average molecular weight is 335 g/mol. The molecule has 0 saturated heterocycles. The summed E-state index contributed by atoms with van der Waals surface area (Å²) < 4.78 is 0. The van der Waals surface area contributed by atoms with Gasteiger partial charge in [-0.25, -0.2) is 0 Å². The highest BCUT2D eigenvalue weighted by Crippen LogP contribution is 2.27. The van der Waals surface area contributed by atoms with Gasteiger partial charge in [0.05, 0.1) is 5.75 Å². The Hall–Kier alpha value is -2.02. The van der Waals surface area contributed by atoms with Crippen molar-refractivity contribution in [2.75, 3.05) is 5.75 Å². The number of amides is 3. The molecule has 2 rings (SSSR count). The molecule has 1 aliphatic carbocycles. The zero-order valence-electron chi connectivity index (χ0n) is 13.3. The standard InChI is InChI=1S/C16H21N3O3S/c1-10(2)17-15(21)16(22)19-18-14(20)9-23-13-7-6-11-4-3-5-12(11)8-13/h6-8,10H,3-5,9H2,1-2H3,(H,17,21)(H,18,20)(H,19,22). The van der Waals surface area contributed by atoms with Gasteiger partial charge < -0.3 is 5.32 Å². The Morgan fingerprint density at radius 2 is 1.83 bits per heavy atom. The zero-order chi connectivity index (χ0) is 16.8. The van der Waals surface area contributed by atoms with E-state index in [1.54, 1.807) is 13.8 Å². The van der Waals surface area contributed by atoms with Gasteiger partial charge >= 0.3 is 11.8 Å². The number of fused-ring (bicyclic) bond motifs is 1. The number of carbonyl (C=O) groups excluding carboxylic acids is 3. The molecule has 0 heterocycles. The lowest BCUT2D eigenvalue weighted by Crippen LogP contribution is -2.50. The van der Waals surface area contributed by atoms with Crippen molar-refractivity contribution >= 4 is 29.5 Å². The van der Waals surface area contributed by atoms with E-state index in [1.165, 1.54) is 29.3 Å². The van der Waals surface area contributed by atoms with Gasteiger partial charge in [0, 0.05) is 10.9 Å². The fraction of sp³-hybridized carbons (Fsp3) is 0.438. The molecule has 1 aromatic carbocycles. The maximum atomic E-state index is 11.7. The molecule has 23 heavy (non-hydrogen) atoms. The Morgan fingerprint density at radius 1 is 1.09 bits per heavy atom. The molecule has 1 aromatic rings. The number of rotatable bonds is 4. The molecule has 6 nitrogen and oxygen atoms in total. The van der Waals surface area contributed by atoms with Crippen LogP contribution in [0.3, 0.4) is 0 Å². The third-order valence-corrected chi connectivity index (χ3v) is 4.38. The normalized spacial score (nSPS) is 12.7. The molecule has 0 bridgehead atoms. The third kappa shape index (κ3) is 5.28. The molecule has 0 aromatic heterocycles. The van der Waals surface area contributed by atoms with E-state index < -0.39 is 11.8 Å². The highest BCUT2D eigenvalue weighted by atomic mass is 32.2. The van der Waals surface area contributed by atoms with Crippen LogP contribution in [0.2, 0.25) is 0 Å². The van der Waals surface area contributed by atoms with E-state index in [-0.39, 0.29) is 17.7 Å². The van der Waals surface area contributed by atoms with Crippen molar-refractivity contribution in [3.63, 3.8) is 0 Å². The van der Waals surface area contributed by atoms with Crippen molar-refractivity contribution in [2.24, 2.45) is 0 Å². The van der Waals surface area contributed by atoms with Crippen LogP contribution in [0, 0.1) is 0 Å². The molecule has 3 amide bonds. The number of carbonyl (C=O) groups is 3. The first kappa shape index (κ1) is 17.3. The minimum Gasteiger partial charge on any atom is -0.346 e. The van der Waals surface area contributed by atoms with Crippen molar-refractivity contribution in [1.29, 1.82) is 0 Å². The third-order valence-electron chi connectivity index (χ3n) is 3.38. The van der Waals surface area contributed by atoms with Gasteiger partial charge in [0.25, 0.3) is 0 Å². The first-order chi connectivity index (χ1) is 11.0. The van der Waals surface area contributed by atoms with E-state index >= 15 is 0 Å². The quantitative estimate of drug-likeness (QED) is 0.434. The zero-order valence-corrected chi connectivity index (χ0v) is 14.1. The van der Waals surface area contributed by atoms with Gasteiger partial charge in [-0.05, 0) is 56.4 Å². The molecule has 0 saturated carbocycles. The largest absolute Gasteiger partial charge is 0.346 e. The van der Waals surface area contributed by atoms with Crippen molar-refractivity contribution in [2.45, 2.75) is 44.0 Å². The van der Waals surface area contributed by atoms with Crippen molar-refractivity contribution in [3.05, 3.63) is 29.3 Å². The van der Waals surface area contributed by atoms with E-state index in [2.05, 4.69) is 28.3 Å². The van der Waals surface area contributed by atoms with Gasteiger partial charge in [0.15, 0.2) is 0 Å². The summed E-state index contributed by atoms with van der Waals surface area (Å²) in [5.41, 5.74) is 7.09. The Kier molecular flexibility index (Phi) is 6.04. The molecular formula is C16H21N3O3S. The fourth-order valence-electron chi connectivity index (χ4n) is 2.33. The van der Waals surface area contributed by atoms with Crippen molar-refractivity contribution in [3.8, 4) is 0 Å². The highest BCUT2D eigenvalue weighted by molar-refractivity contribution is 8.00. The molecule has 0 aliphatic heterocycles. The van der Waals surface area contributed by atoms with E-state index in [1.807, 2.05) is 6.07 Å². The van der Waals surface area contributed by atoms with Gasteiger partial charge in [0.2, 0.25) is 5.91 Å². The summed E-state index contributed by atoms with van der Waals surface area (Å²) in [5, 5.41) is 2.44. The first-order valence-corrected chi connectivity index (χ1v) is 8.58. The molecule has 0 radical (unpaired) electrons. The molecule has 124 valence electrons. The van der Waals surface area contributed by atoms with E-state index in [0.29, 0.717) is 0 Å². The second-order valence-electron chi connectivity index (χ2n) is 5.70.